The van der Waals surface area contributed by atoms with Crippen molar-refractivity contribution in [1.82, 2.24) is 5.32 Å². The van der Waals surface area contributed by atoms with E-state index in [2.05, 4.69) is 5.32 Å². The molecule has 0 aliphatic carbocycles. The van der Waals surface area contributed by atoms with Crippen LogP contribution < -0.4 is 10.1 Å². The molecule has 2 aromatic carbocycles. The summed E-state index contributed by atoms with van der Waals surface area (Å²) in [4.78, 5) is 24.6. The molecule has 2 N–H and O–H groups in total. The van der Waals surface area contributed by atoms with Crippen molar-refractivity contribution in [2.75, 3.05) is 6.54 Å². The van der Waals surface area contributed by atoms with Gasteiger partial charge in [0.05, 0.1) is 0 Å². The van der Waals surface area contributed by atoms with Crippen LogP contribution in [0.4, 0.5) is 0 Å². The van der Waals surface area contributed by atoms with Gasteiger partial charge in [-0.2, -0.15) is 0 Å². The van der Waals surface area contributed by atoms with E-state index in [4.69, 9.17) is 16.3 Å². The van der Waals surface area contributed by atoms with Gasteiger partial charge in [0.1, 0.15) is 11.2 Å². The fraction of sp³-hybridized carbons (Fsp3) is 0.300. The number of carboxylic acid groups (broad SMARTS) is 1. The third kappa shape index (κ3) is 3.40. The number of carbonyl (C=O) groups excluding carboxylic acids is 1. The van der Waals surface area contributed by atoms with E-state index in [0.29, 0.717) is 29.2 Å². The molecule has 2 unspecified atom stereocenters. The van der Waals surface area contributed by atoms with E-state index in [-0.39, 0.29) is 12.5 Å². The minimum Gasteiger partial charge on any atom is -0.481 e. The fourth-order valence-corrected chi connectivity index (χ4v) is 3.45. The summed E-state index contributed by atoms with van der Waals surface area (Å²) in [6, 6.07) is 14.2. The number of benzene rings is 2. The lowest BCUT2D eigenvalue weighted by Gasteiger charge is -2.29. The highest BCUT2D eigenvalue weighted by atomic mass is 35.5. The highest BCUT2D eigenvalue weighted by Crippen LogP contribution is 2.32. The molecule has 6 heteroatoms. The average molecular weight is 374 g/mol. The molecule has 2 aromatic rings. The van der Waals surface area contributed by atoms with Crippen molar-refractivity contribution in [3.63, 3.8) is 0 Å². The lowest BCUT2D eigenvalue weighted by atomic mass is 9.78. The van der Waals surface area contributed by atoms with Gasteiger partial charge in [0.25, 0.3) is 5.91 Å². The maximum Gasteiger partial charge on any atom is 0.315 e. The van der Waals surface area contributed by atoms with E-state index in [1.54, 1.807) is 49.4 Å². The maximum absolute atomic E-state index is 12.6. The standard InChI is InChI=1S/C20H20ClNO4/c1-2-20(19(24)25,14-6-4-3-5-7-14)12-22-18(23)17-11-13-10-15(21)8-9-16(13)26-17/h3-10,17H,2,11-12H2,1H3,(H,22,23)(H,24,25). The predicted octanol–water partition coefficient (Wildman–Crippen LogP) is 3.19. The van der Waals surface area contributed by atoms with E-state index in [1.807, 2.05) is 6.07 Å². The average Bonchev–Trinajstić information content (AvgIpc) is 3.06. The van der Waals surface area contributed by atoms with Crippen LogP contribution in [0, 0.1) is 0 Å². The number of rotatable bonds is 6. The SMILES string of the molecule is CCC(CNC(=O)C1Cc2cc(Cl)ccc2O1)(C(=O)O)c1ccccc1. The number of nitrogens with one attached hydrogen (secondary N) is 1. The van der Waals surface area contributed by atoms with Gasteiger partial charge in [0, 0.05) is 18.0 Å². The molecule has 1 aliphatic rings. The summed E-state index contributed by atoms with van der Waals surface area (Å²) >= 11 is 5.97. The Balaban J connectivity index is 1.72. The molecule has 1 heterocycles. The highest BCUT2D eigenvalue weighted by Gasteiger charge is 2.40. The Morgan fingerprint density at radius 2 is 2.00 bits per heavy atom. The molecule has 0 aromatic heterocycles. The number of carboxylic acids is 1. The molecule has 0 spiro atoms. The first-order chi connectivity index (χ1) is 12.5. The monoisotopic (exact) mass is 373 g/mol. The molecule has 5 nitrogen and oxygen atoms in total. The summed E-state index contributed by atoms with van der Waals surface area (Å²) in [6.45, 7) is 1.80. The second kappa shape index (κ2) is 7.38. The second-order valence-corrected chi connectivity index (χ2v) is 6.82. The molecule has 0 bridgehead atoms. The Labute approximate surface area is 156 Å². The summed E-state index contributed by atoms with van der Waals surface area (Å²) in [6.07, 6.45) is 0.0929. The third-order valence-corrected chi connectivity index (χ3v) is 5.13. The van der Waals surface area contributed by atoms with E-state index in [0.717, 1.165) is 5.56 Å². The van der Waals surface area contributed by atoms with Gasteiger partial charge in [-0.1, -0.05) is 48.9 Å². The third-order valence-electron chi connectivity index (χ3n) is 4.89. The molecular formula is C20H20ClNO4. The number of fused-ring (bicyclic) bond motifs is 1. The summed E-state index contributed by atoms with van der Waals surface area (Å²) in [5.74, 6) is -0.654. The van der Waals surface area contributed by atoms with E-state index in [9.17, 15) is 14.7 Å². The zero-order chi connectivity index (χ0) is 18.7. The molecule has 0 saturated heterocycles. The first-order valence-electron chi connectivity index (χ1n) is 8.48. The molecule has 26 heavy (non-hydrogen) atoms. The molecule has 3 rings (SSSR count). The second-order valence-electron chi connectivity index (χ2n) is 6.39. The number of amides is 1. The summed E-state index contributed by atoms with van der Waals surface area (Å²) < 4.78 is 5.67. The molecular weight excluding hydrogens is 354 g/mol. The van der Waals surface area contributed by atoms with Gasteiger partial charge in [0.15, 0.2) is 6.10 Å². The zero-order valence-corrected chi connectivity index (χ0v) is 15.1. The van der Waals surface area contributed by atoms with Crippen LogP contribution in [-0.4, -0.2) is 29.6 Å². The first-order valence-corrected chi connectivity index (χ1v) is 8.86. The number of hydrogen-bond donors (Lipinski definition) is 2. The maximum atomic E-state index is 12.6. The molecule has 0 radical (unpaired) electrons. The number of halogens is 1. The lowest BCUT2D eigenvalue weighted by Crippen LogP contribution is -2.49. The van der Waals surface area contributed by atoms with Crippen molar-refractivity contribution in [3.05, 3.63) is 64.7 Å². The molecule has 1 aliphatic heterocycles. The van der Waals surface area contributed by atoms with Crippen LogP contribution in [0.25, 0.3) is 0 Å². The van der Waals surface area contributed by atoms with Crippen LogP contribution >= 0.6 is 11.6 Å². The van der Waals surface area contributed by atoms with Gasteiger partial charge in [-0.05, 0) is 35.7 Å². The van der Waals surface area contributed by atoms with E-state index < -0.39 is 17.5 Å². The smallest absolute Gasteiger partial charge is 0.315 e. The Morgan fingerprint density at radius 1 is 1.27 bits per heavy atom. The molecule has 1 amide bonds. The van der Waals surface area contributed by atoms with Crippen molar-refractivity contribution in [3.8, 4) is 5.75 Å². The van der Waals surface area contributed by atoms with Crippen molar-refractivity contribution in [2.24, 2.45) is 0 Å². The van der Waals surface area contributed by atoms with Gasteiger partial charge in [-0.3, -0.25) is 9.59 Å². The van der Waals surface area contributed by atoms with Crippen molar-refractivity contribution in [1.29, 1.82) is 0 Å². The highest BCUT2D eigenvalue weighted by molar-refractivity contribution is 6.30. The van der Waals surface area contributed by atoms with Crippen LogP contribution in [0.5, 0.6) is 5.75 Å². The van der Waals surface area contributed by atoms with Crippen LogP contribution in [0.15, 0.2) is 48.5 Å². The van der Waals surface area contributed by atoms with Crippen molar-refractivity contribution < 1.29 is 19.4 Å². The normalized spacial score (nSPS) is 17.7. The van der Waals surface area contributed by atoms with Gasteiger partial charge in [-0.15, -0.1) is 0 Å². The quantitative estimate of drug-likeness (QED) is 0.815. The summed E-state index contributed by atoms with van der Waals surface area (Å²) in [5.41, 5.74) is 0.365. The largest absolute Gasteiger partial charge is 0.481 e. The number of aliphatic carboxylic acids is 1. The first kappa shape index (κ1) is 18.3. The number of hydrogen-bond acceptors (Lipinski definition) is 3. The van der Waals surface area contributed by atoms with Crippen molar-refractivity contribution >= 4 is 23.5 Å². The Kier molecular flexibility index (Phi) is 5.18. The minimum absolute atomic E-state index is 0.00135. The van der Waals surface area contributed by atoms with Gasteiger partial charge >= 0.3 is 5.97 Å². The lowest BCUT2D eigenvalue weighted by molar-refractivity contribution is -0.144. The van der Waals surface area contributed by atoms with E-state index in [1.165, 1.54) is 0 Å². The zero-order valence-electron chi connectivity index (χ0n) is 14.4. The van der Waals surface area contributed by atoms with Crippen LogP contribution in [0.1, 0.15) is 24.5 Å². The molecule has 0 fully saturated rings. The van der Waals surface area contributed by atoms with Gasteiger partial charge < -0.3 is 15.2 Å². The Morgan fingerprint density at radius 3 is 2.65 bits per heavy atom. The molecule has 0 saturated carbocycles. The van der Waals surface area contributed by atoms with Gasteiger partial charge in [-0.25, -0.2) is 0 Å². The van der Waals surface area contributed by atoms with Gasteiger partial charge in [0.2, 0.25) is 0 Å². The summed E-state index contributed by atoms with van der Waals surface area (Å²) in [5, 5.41) is 13.2. The van der Waals surface area contributed by atoms with Crippen LogP contribution in [0.2, 0.25) is 5.02 Å². The Hall–Kier alpha value is -2.53. The predicted molar refractivity (Wildman–Crippen MR) is 98.6 cm³/mol. The molecule has 136 valence electrons. The Bertz CT molecular complexity index is 824. The molecule has 2 atom stereocenters. The fourth-order valence-electron chi connectivity index (χ4n) is 3.25. The van der Waals surface area contributed by atoms with Crippen LogP contribution in [0.3, 0.4) is 0 Å². The number of carbonyl (C=O) groups is 2. The topological polar surface area (TPSA) is 75.6 Å². The van der Waals surface area contributed by atoms with Crippen LogP contribution in [-0.2, 0) is 21.4 Å². The number of ether oxygens (including phenoxy) is 1. The van der Waals surface area contributed by atoms with Crippen molar-refractivity contribution in [2.45, 2.75) is 31.3 Å². The van der Waals surface area contributed by atoms with E-state index >= 15 is 0 Å². The summed E-state index contributed by atoms with van der Waals surface area (Å²) in [7, 11) is 0. The minimum atomic E-state index is -1.17.